The van der Waals surface area contributed by atoms with Crippen LogP contribution in [0.15, 0.2) is 30.3 Å². The summed E-state index contributed by atoms with van der Waals surface area (Å²) >= 11 is 2.04. The van der Waals surface area contributed by atoms with Gasteiger partial charge in [0, 0.05) is 24.0 Å². The van der Waals surface area contributed by atoms with Crippen LogP contribution in [0, 0.1) is 0 Å². The second-order valence-electron chi connectivity index (χ2n) is 5.47. The highest BCUT2D eigenvalue weighted by atomic mass is 32.2. The van der Waals surface area contributed by atoms with Gasteiger partial charge in [0.1, 0.15) is 0 Å². The fourth-order valence-corrected chi connectivity index (χ4v) is 3.86. The first-order valence-corrected chi connectivity index (χ1v) is 8.82. The van der Waals surface area contributed by atoms with E-state index in [2.05, 4.69) is 17.4 Å². The monoisotopic (exact) mass is 291 g/mol. The summed E-state index contributed by atoms with van der Waals surface area (Å²) in [7, 11) is 0. The summed E-state index contributed by atoms with van der Waals surface area (Å²) in [6, 6.07) is 10.2. The molecule has 20 heavy (non-hydrogen) atoms. The molecule has 1 saturated carbocycles. The van der Waals surface area contributed by atoms with Crippen LogP contribution in [0.3, 0.4) is 0 Å². The molecular weight excluding hydrogens is 266 g/mol. The molecule has 1 aromatic carbocycles. The van der Waals surface area contributed by atoms with Crippen molar-refractivity contribution in [2.75, 3.05) is 12.3 Å². The van der Waals surface area contributed by atoms with E-state index in [1.165, 1.54) is 37.7 Å². The van der Waals surface area contributed by atoms with Crippen molar-refractivity contribution in [1.29, 1.82) is 0 Å². The van der Waals surface area contributed by atoms with Crippen LogP contribution in [-0.2, 0) is 11.2 Å². The molecule has 1 aliphatic rings. The van der Waals surface area contributed by atoms with E-state index in [9.17, 15) is 4.79 Å². The molecule has 0 spiro atoms. The van der Waals surface area contributed by atoms with Gasteiger partial charge in [0.05, 0.1) is 0 Å². The average molecular weight is 291 g/mol. The topological polar surface area (TPSA) is 29.1 Å². The molecule has 2 rings (SSSR count). The van der Waals surface area contributed by atoms with E-state index in [-0.39, 0.29) is 5.91 Å². The lowest BCUT2D eigenvalue weighted by molar-refractivity contribution is -0.120. The first-order valence-electron chi connectivity index (χ1n) is 7.77. The summed E-state index contributed by atoms with van der Waals surface area (Å²) in [6.45, 7) is 0.814. The van der Waals surface area contributed by atoms with E-state index in [1.807, 2.05) is 30.0 Å². The van der Waals surface area contributed by atoms with Crippen LogP contribution < -0.4 is 5.32 Å². The fraction of sp³-hybridized carbons (Fsp3) is 0.588. The van der Waals surface area contributed by atoms with Gasteiger partial charge >= 0.3 is 0 Å². The summed E-state index contributed by atoms with van der Waals surface area (Å²) < 4.78 is 0. The number of benzene rings is 1. The normalized spacial score (nSPS) is 16.0. The minimum atomic E-state index is 0.179. The van der Waals surface area contributed by atoms with Crippen molar-refractivity contribution < 1.29 is 4.79 Å². The van der Waals surface area contributed by atoms with Crippen molar-refractivity contribution in [3.63, 3.8) is 0 Å². The summed E-state index contributed by atoms with van der Waals surface area (Å²) in [4.78, 5) is 11.7. The lowest BCUT2D eigenvalue weighted by Gasteiger charge is -2.20. The molecule has 0 aliphatic heterocycles. The van der Waals surface area contributed by atoms with Gasteiger partial charge < -0.3 is 5.32 Å². The number of thioether (sulfide) groups is 1. The van der Waals surface area contributed by atoms with E-state index in [1.54, 1.807) is 0 Å². The quantitative estimate of drug-likeness (QED) is 0.774. The van der Waals surface area contributed by atoms with E-state index >= 15 is 0 Å². The minimum Gasteiger partial charge on any atom is -0.355 e. The fourth-order valence-electron chi connectivity index (χ4n) is 2.64. The molecule has 1 fully saturated rings. The van der Waals surface area contributed by atoms with Gasteiger partial charge in [-0.25, -0.2) is 0 Å². The zero-order chi connectivity index (χ0) is 14.0. The Kier molecular flexibility index (Phi) is 6.99. The van der Waals surface area contributed by atoms with Crippen LogP contribution in [-0.4, -0.2) is 23.5 Å². The highest BCUT2D eigenvalue weighted by Crippen LogP contribution is 2.27. The van der Waals surface area contributed by atoms with Gasteiger partial charge in [-0.1, -0.05) is 49.6 Å². The number of nitrogens with one attached hydrogen (secondary N) is 1. The Morgan fingerprint density at radius 1 is 1.15 bits per heavy atom. The number of amides is 1. The molecule has 0 radical (unpaired) electrons. The Balaban J connectivity index is 1.51. The van der Waals surface area contributed by atoms with Gasteiger partial charge in [-0.05, 0) is 24.8 Å². The molecule has 0 unspecified atom stereocenters. The molecular formula is C17H25NOS. The third-order valence-electron chi connectivity index (χ3n) is 3.81. The van der Waals surface area contributed by atoms with Gasteiger partial charge in [-0.3, -0.25) is 4.79 Å². The summed E-state index contributed by atoms with van der Waals surface area (Å²) in [5, 5.41) is 3.87. The van der Waals surface area contributed by atoms with Crippen molar-refractivity contribution in [2.45, 2.75) is 50.2 Å². The van der Waals surface area contributed by atoms with Crippen molar-refractivity contribution in [2.24, 2.45) is 0 Å². The zero-order valence-electron chi connectivity index (χ0n) is 12.1. The molecule has 1 N–H and O–H groups in total. The van der Waals surface area contributed by atoms with Crippen LogP contribution >= 0.6 is 11.8 Å². The Morgan fingerprint density at radius 3 is 2.65 bits per heavy atom. The maximum atomic E-state index is 11.7. The first-order chi connectivity index (χ1) is 9.84. The molecule has 0 atom stereocenters. The molecule has 110 valence electrons. The maximum absolute atomic E-state index is 11.7. The van der Waals surface area contributed by atoms with Crippen LogP contribution in [0.25, 0.3) is 0 Å². The number of carbonyl (C=O) groups excluding carboxylic acids is 1. The highest BCUT2D eigenvalue weighted by molar-refractivity contribution is 7.99. The molecule has 0 heterocycles. The van der Waals surface area contributed by atoms with Crippen molar-refractivity contribution >= 4 is 17.7 Å². The summed E-state index contributed by atoms with van der Waals surface area (Å²) in [5.74, 6) is 1.24. The van der Waals surface area contributed by atoms with E-state index in [0.717, 1.165) is 24.0 Å². The maximum Gasteiger partial charge on any atom is 0.220 e. The predicted molar refractivity (Wildman–Crippen MR) is 87.1 cm³/mol. The Morgan fingerprint density at radius 2 is 1.90 bits per heavy atom. The van der Waals surface area contributed by atoms with E-state index < -0.39 is 0 Å². The molecule has 1 amide bonds. The second kappa shape index (κ2) is 9.06. The van der Waals surface area contributed by atoms with Gasteiger partial charge in [0.2, 0.25) is 5.91 Å². The number of hydrogen-bond acceptors (Lipinski definition) is 2. The lowest BCUT2D eigenvalue weighted by Crippen LogP contribution is -2.26. The Bertz CT molecular complexity index is 387. The van der Waals surface area contributed by atoms with Gasteiger partial charge in [-0.15, -0.1) is 0 Å². The number of carbonyl (C=O) groups is 1. The van der Waals surface area contributed by atoms with Crippen molar-refractivity contribution in [1.82, 2.24) is 5.32 Å². The molecule has 3 heteroatoms. The summed E-state index contributed by atoms with van der Waals surface area (Å²) in [6.07, 6.45) is 8.36. The van der Waals surface area contributed by atoms with Crippen molar-refractivity contribution in [3.05, 3.63) is 35.9 Å². The molecule has 0 bridgehead atoms. The Hall–Kier alpha value is -0.960. The third-order valence-corrected chi connectivity index (χ3v) is 5.20. The zero-order valence-corrected chi connectivity index (χ0v) is 13.0. The van der Waals surface area contributed by atoms with Crippen molar-refractivity contribution in [3.8, 4) is 0 Å². The Labute approximate surface area is 126 Å². The largest absolute Gasteiger partial charge is 0.355 e. The second-order valence-corrected chi connectivity index (χ2v) is 6.87. The molecule has 0 saturated heterocycles. The van der Waals surface area contributed by atoms with Gasteiger partial charge in [0.25, 0.3) is 0 Å². The van der Waals surface area contributed by atoms with Crippen LogP contribution in [0.1, 0.15) is 44.1 Å². The van der Waals surface area contributed by atoms with E-state index in [0.29, 0.717) is 6.42 Å². The van der Waals surface area contributed by atoms with Crippen LogP contribution in [0.5, 0.6) is 0 Å². The SMILES string of the molecule is O=C(CCc1ccccc1)NCCSC1CCCCC1. The molecule has 2 nitrogen and oxygen atoms in total. The predicted octanol–water partition coefficient (Wildman–Crippen LogP) is 3.80. The van der Waals surface area contributed by atoms with Crippen LogP contribution in [0.2, 0.25) is 0 Å². The van der Waals surface area contributed by atoms with Gasteiger partial charge in [-0.2, -0.15) is 11.8 Å². The number of rotatable bonds is 7. The third kappa shape index (κ3) is 6.00. The smallest absolute Gasteiger partial charge is 0.220 e. The standard InChI is InChI=1S/C17H25NOS/c19-17(12-11-15-7-3-1-4-8-15)18-13-14-20-16-9-5-2-6-10-16/h1,3-4,7-8,16H,2,5-6,9-14H2,(H,18,19). The number of hydrogen-bond donors (Lipinski definition) is 1. The minimum absolute atomic E-state index is 0.179. The number of aryl methyl sites for hydroxylation is 1. The molecule has 1 aliphatic carbocycles. The average Bonchev–Trinajstić information content (AvgIpc) is 2.52. The first kappa shape index (κ1) is 15.4. The van der Waals surface area contributed by atoms with Gasteiger partial charge in [0.15, 0.2) is 0 Å². The van der Waals surface area contributed by atoms with Crippen LogP contribution in [0.4, 0.5) is 0 Å². The molecule has 0 aromatic heterocycles. The van der Waals surface area contributed by atoms with E-state index in [4.69, 9.17) is 0 Å². The summed E-state index contributed by atoms with van der Waals surface area (Å²) in [5.41, 5.74) is 1.24. The highest BCUT2D eigenvalue weighted by Gasteiger charge is 2.13. The molecule has 1 aromatic rings. The lowest BCUT2D eigenvalue weighted by atomic mass is 10.0.